The predicted octanol–water partition coefficient (Wildman–Crippen LogP) is 5.71. The van der Waals surface area contributed by atoms with E-state index < -0.39 is 6.43 Å². The van der Waals surface area contributed by atoms with E-state index >= 15 is 0 Å². The first-order valence-electron chi connectivity index (χ1n) is 9.55. The number of nitrogens with zero attached hydrogens (tertiary/aromatic N) is 1. The maximum Gasteiger partial charge on any atom is 0.280 e. The van der Waals surface area contributed by atoms with Gasteiger partial charge in [0, 0.05) is 11.7 Å². The summed E-state index contributed by atoms with van der Waals surface area (Å²) in [5.41, 5.74) is 8.58. The average Bonchev–Trinajstić information content (AvgIpc) is 3.44. The molecule has 0 unspecified atom stereocenters. The lowest BCUT2D eigenvalue weighted by Crippen LogP contribution is -2.43. The van der Waals surface area contributed by atoms with Crippen LogP contribution in [0.25, 0.3) is 11.1 Å². The number of hydrogen-bond donors (Lipinski definition) is 1. The Hall–Kier alpha value is -2.01. The van der Waals surface area contributed by atoms with Crippen molar-refractivity contribution < 1.29 is 13.5 Å². The van der Waals surface area contributed by atoms with Crippen molar-refractivity contribution in [2.24, 2.45) is 11.7 Å². The summed E-state index contributed by atoms with van der Waals surface area (Å²) < 4.78 is 32.0. The molecule has 0 spiro atoms. The van der Waals surface area contributed by atoms with E-state index in [4.69, 9.17) is 10.5 Å². The molecule has 1 aromatic carbocycles. The highest BCUT2D eigenvalue weighted by atomic mass is 19.3. The topological polar surface area (TPSA) is 48.1 Å². The number of hydrogen-bond acceptors (Lipinski definition) is 3. The molecule has 0 saturated heterocycles. The highest BCUT2D eigenvalue weighted by Crippen LogP contribution is 2.45. The lowest BCUT2D eigenvalue weighted by molar-refractivity contribution is 0.146. The first kappa shape index (κ1) is 19.7. The Morgan fingerprint density at radius 2 is 1.89 bits per heavy atom. The molecule has 0 amide bonds. The third kappa shape index (κ3) is 5.25. The Morgan fingerprint density at radius 3 is 2.52 bits per heavy atom. The van der Waals surface area contributed by atoms with Gasteiger partial charge in [-0.15, -0.1) is 0 Å². The number of rotatable bonds is 8. The number of pyridine rings is 1. The number of ether oxygens (including phenoxy) is 1. The molecule has 0 aliphatic heterocycles. The van der Waals surface area contributed by atoms with E-state index in [9.17, 15) is 8.78 Å². The summed E-state index contributed by atoms with van der Waals surface area (Å²) in [6, 6.07) is 9.14. The molecule has 1 atom stereocenters. The predicted molar refractivity (Wildman–Crippen MR) is 104 cm³/mol. The van der Waals surface area contributed by atoms with Gasteiger partial charge in [-0.3, -0.25) is 4.98 Å². The zero-order valence-electron chi connectivity index (χ0n) is 16.2. The molecule has 146 valence electrons. The number of alkyl halides is 2. The summed E-state index contributed by atoms with van der Waals surface area (Å²) in [7, 11) is 0. The minimum atomic E-state index is -2.57. The van der Waals surface area contributed by atoms with Gasteiger partial charge < -0.3 is 10.5 Å². The smallest absolute Gasteiger partial charge is 0.280 e. The van der Waals surface area contributed by atoms with Crippen LogP contribution in [-0.2, 0) is 0 Å². The van der Waals surface area contributed by atoms with Crippen molar-refractivity contribution >= 4 is 0 Å². The zero-order chi connectivity index (χ0) is 19.6. The number of nitrogens with two attached hydrogens (primary N) is 1. The Labute approximate surface area is 160 Å². The molecular weight excluding hydrogens is 346 g/mol. The molecular formula is C22H28F2N2O. The van der Waals surface area contributed by atoms with Crippen LogP contribution in [0, 0.1) is 5.92 Å². The highest BCUT2D eigenvalue weighted by molar-refractivity contribution is 5.66. The zero-order valence-corrected chi connectivity index (χ0v) is 16.2. The van der Waals surface area contributed by atoms with Gasteiger partial charge in [0.05, 0.1) is 0 Å². The average molecular weight is 374 g/mol. The molecule has 1 aliphatic carbocycles. The minimum absolute atomic E-state index is 0.201. The van der Waals surface area contributed by atoms with Crippen molar-refractivity contribution in [3.8, 4) is 16.9 Å². The molecule has 1 aromatic heterocycles. The van der Waals surface area contributed by atoms with Crippen LogP contribution in [0.1, 0.15) is 63.6 Å². The molecule has 27 heavy (non-hydrogen) atoms. The summed E-state index contributed by atoms with van der Waals surface area (Å²) >= 11 is 0. The fraction of sp³-hybridized carbons (Fsp3) is 0.500. The monoisotopic (exact) mass is 374 g/mol. The van der Waals surface area contributed by atoms with E-state index in [-0.39, 0.29) is 11.2 Å². The van der Waals surface area contributed by atoms with Gasteiger partial charge >= 0.3 is 0 Å². The number of benzene rings is 1. The van der Waals surface area contributed by atoms with Gasteiger partial charge in [-0.2, -0.15) is 0 Å². The van der Waals surface area contributed by atoms with Gasteiger partial charge in [0.25, 0.3) is 6.43 Å². The van der Waals surface area contributed by atoms with Crippen molar-refractivity contribution in [2.75, 3.05) is 6.61 Å². The Bertz CT molecular complexity index is 786. The molecule has 1 aliphatic rings. The van der Waals surface area contributed by atoms with Gasteiger partial charge in [-0.1, -0.05) is 19.9 Å². The lowest BCUT2D eigenvalue weighted by Gasteiger charge is -2.27. The SMILES string of the molecule is CC(C)C[C@](C)(N)COc1ccc(-c2ccnc(C(F)F)c2)cc1C1CC1. The second-order valence-corrected chi connectivity index (χ2v) is 8.34. The standard InChI is InChI=1S/C22H28F2N2O/c1-14(2)12-22(3,25)13-27-20-7-6-16(10-18(20)15-4-5-15)17-8-9-26-19(11-17)21(23)24/h6-11,14-15,21H,4-5,12-13,25H2,1-3H3/t22-/m0/s1. The third-order valence-corrected chi connectivity index (χ3v) is 4.80. The highest BCUT2D eigenvalue weighted by Gasteiger charge is 2.28. The van der Waals surface area contributed by atoms with Crippen molar-refractivity contribution in [3.63, 3.8) is 0 Å². The number of halogens is 2. The van der Waals surface area contributed by atoms with Crippen molar-refractivity contribution in [1.29, 1.82) is 0 Å². The summed E-state index contributed by atoms with van der Waals surface area (Å²) in [6.45, 7) is 6.77. The van der Waals surface area contributed by atoms with Gasteiger partial charge in [0.15, 0.2) is 0 Å². The molecule has 5 heteroatoms. The fourth-order valence-electron chi connectivity index (χ4n) is 3.55. The van der Waals surface area contributed by atoms with Gasteiger partial charge in [-0.05, 0) is 79.0 Å². The normalized spacial score (nSPS) is 16.6. The second kappa shape index (κ2) is 7.93. The maximum atomic E-state index is 13.0. The van der Waals surface area contributed by atoms with E-state index in [2.05, 4.69) is 24.9 Å². The van der Waals surface area contributed by atoms with Crippen LogP contribution in [0.4, 0.5) is 8.78 Å². The second-order valence-electron chi connectivity index (χ2n) is 8.34. The van der Waals surface area contributed by atoms with E-state index in [1.807, 2.05) is 19.1 Å². The van der Waals surface area contributed by atoms with Crippen molar-refractivity contribution in [1.82, 2.24) is 4.98 Å². The molecule has 3 rings (SSSR count). The molecule has 0 bridgehead atoms. The van der Waals surface area contributed by atoms with E-state index in [1.54, 1.807) is 6.07 Å². The van der Waals surface area contributed by atoms with Crippen LogP contribution in [0.5, 0.6) is 5.75 Å². The van der Waals surface area contributed by atoms with E-state index in [0.717, 1.165) is 41.7 Å². The molecule has 0 radical (unpaired) electrons. The van der Waals surface area contributed by atoms with Crippen LogP contribution < -0.4 is 10.5 Å². The molecule has 2 N–H and O–H groups in total. The molecule has 1 heterocycles. The largest absolute Gasteiger partial charge is 0.491 e. The fourth-order valence-corrected chi connectivity index (χ4v) is 3.55. The molecule has 1 fully saturated rings. The van der Waals surface area contributed by atoms with Crippen LogP contribution in [0.15, 0.2) is 36.5 Å². The molecule has 2 aromatic rings. The summed E-state index contributed by atoms with van der Waals surface area (Å²) in [5, 5.41) is 0. The van der Waals surface area contributed by atoms with E-state index in [1.165, 1.54) is 12.3 Å². The van der Waals surface area contributed by atoms with Gasteiger partial charge in [0.1, 0.15) is 18.1 Å². The Morgan fingerprint density at radius 1 is 1.19 bits per heavy atom. The third-order valence-electron chi connectivity index (χ3n) is 4.80. The minimum Gasteiger partial charge on any atom is -0.491 e. The maximum absolute atomic E-state index is 13.0. The van der Waals surface area contributed by atoms with Crippen molar-refractivity contribution in [3.05, 3.63) is 47.8 Å². The van der Waals surface area contributed by atoms with Gasteiger partial charge in [0.2, 0.25) is 0 Å². The van der Waals surface area contributed by atoms with Gasteiger partial charge in [-0.25, -0.2) is 8.78 Å². The van der Waals surface area contributed by atoms with Crippen molar-refractivity contribution in [2.45, 2.75) is 57.9 Å². The number of aromatic nitrogens is 1. The van der Waals surface area contributed by atoms with E-state index in [0.29, 0.717) is 18.4 Å². The lowest BCUT2D eigenvalue weighted by atomic mass is 9.92. The van der Waals surface area contributed by atoms with Crippen LogP contribution in [0.3, 0.4) is 0 Å². The molecule has 1 saturated carbocycles. The van der Waals surface area contributed by atoms with Crippen LogP contribution in [0.2, 0.25) is 0 Å². The first-order valence-corrected chi connectivity index (χ1v) is 9.55. The quantitative estimate of drug-likeness (QED) is 0.644. The van der Waals surface area contributed by atoms with Crippen LogP contribution >= 0.6 is 0 Å². The summed E-state index contributed by atoms with van der Waals surface area (Å²) in [6.07, 6.45) is 2.01. The Kier molecular flexibility index (Phi) is 5.80. The molecule has 3 nitrogen and oxygen atoms in total. The summed E-state index contributed by atoms with van der Waals surface area (Å²) in [5.74, 6) is 1.83. The first-order chi connectivity index (χ1) is 12.7. The van der Waals surface area contributed by atoms with Crippen LogP contribution in [-0.4, -0.2) is 17.1 Å². The summed E-state index contributed by atoms with van der Waals surface area (Å²) in [4.78, 5) is 3.74. The Balaban J connectivity index is 1.82.